The van der Waals surface area contributed by atoms with Gasteiger partial charge in [-0.05, 0) is 36.5 Å². The van der Waals surface area contributed by atoms with Gasteiger partial charge in [0.15, 0.2) is 0 Å². The van der Waals surface area contributed by atoms with E-state index in [0.29, 0.717) is 16.5 Å². The molecule has 21 heavy (non-hydrogen) atoms. The zero-order chi connectivity index (χ0) is 15.6. The predicted molar refractivity (Wildman–Crippen MR) is 90.1 cm³/mol. The molecule has 0 radical (unpaired) electrons. The van der Waals surface area contributed by atoms with Crippen molar-refractivity contribution in [3.8, 4) is 0 Å². The van der Waals surface area contributed by atoms with Gasteiger partial charge < -0.3 is 4.90 Å². The van der Waals surface area contributed by atoms with Crippen molar-refractivity contribution >= 4 is 17.4 Å². The zero-order valence-corrected chi connectivity index (χ0v) is 14.7. The van der Waals surface area contributed by atoms with Gasteiger partial charge in [0.05, 0.1) is 0 Å². The summed E-state index contributed by atoms with van der Waals surface area (Å²) in [6.07, 6.45) is 5.34. The van der Waals surface area contributed by atoms with Crippen molar-refractivity contribution in [2.45, 2.75) is 59.8 Å². The number of nitrogens with zero attached hydrogens (tertiary/aromatic N) is 3. The predicted octanol–water partition coefficient (Wildman–Crippen LogP) is 4.91. The van der Waals surface area contributed by atoms with E-state index in [1.54, 1.807) is 6.33 Å². The molecule has 4 heteroatoms. The molecule has 1 aromatic heterocycles. The smallest absolute Gasteiger partial charge is 0.138 e. The zero-order valence-electron chi connectivity index (χ0n) is 14.0. The second kappa shape index (κ2) is 6.51. The number of anilines is 1. The molecule has 1 unspecified atom stereocenters. The van der Waals surface area contributed by atoms with Crippen LogP contribution in [-0.4, -0.2) is 23.1 Å². The average Bonchev–Trinajstić information content (AvgIpc) is 2.63. The quantitative estimate of drug-likeness (QED) is 0.727. The lowest BCUT2D eigenvalue weighted by atomic mass is 9.77. The molecule has 0 saturated carbocycles. The maximum absolute atomic E-state index is 6.31. The minimum absolute atomic E-state index is 0.343. The molecular formula is C17H28ClN3. The van der Waals surface area contributed by atoms with E-state index in [9.17, 15) is 0 Å². The van der Waals surface area contributed by atoms with Gasteiger partial charge in [-0.1, -0.05) is 46.2 Å². The Morgan fingerprint density at radius 1 is 1.19 bits per heavy atom. The Morgan fingerprint density at radius 2 is 1.90 bits per heavy atom. The van der Waals surface area contributed by atoms with E-state index in [2.05, 4.69) is 49.5 Å². The van der Waals surface area contributed by atoms with Gasteiger partial charge in [0, 0.05) is 18.7 Å². The second-order valence-electron chi connectivity index (χ2n) is 7.54. The monoisotopic (exact) mass is 309 g/mol. The number of rotatable bonds is 2. The Balaban J connectivity index is 2.22. The van der Waals surface area contributed by atoms with Gasteiger partial charge in [-0.15, -0.1) is 0 Å². The van der Waals surface area contributed by atoms with E-state index in [1.165, 1.54) is 19.3 Å². The molecule has 0 N–H and O–H groups in total. The first kappa shape index (κ1) is 16.5. The molecule has 0 amide bonds. The SMILES string of the molecule is CC(C)c1c(Cl)ncnc1N1CCCC(C(C)(C)C)CC1. The molecule has 0 aromatic carbocycles. The Bertz CT molecular complexity index is 479. The summed E-state index contributed by atoms with van der Waals surface area (Å²) < 4.78 is 0. The van der Waals surface area contributed by atoms with Crippen molar-refractivity contribution in [1.82, 2.24) is 9.97 Å². The summed E-state index contributed by atoms with van der Waals surface area (Å²) >= 11 is 6.31. The molecule has 2 heterocycles. The van der Waals surface area contributed by atoms with Crippen LogP contribution < -0.4 is 4.90 Å². The largest absolute Gasteiger partial charge is 0.356 e. The van der Waals surface area contributed by atoms with Crippen molar-refractivity contribution in [3.63, 3.8) is 0 Å². The normalized spacial score (nSPS) is 20.7. The Hall–Kier alpha value is -0.830. The summed E-state index contributed by atoms with van der Waals surface area (Å²) in [5, 5.41) is 0.603. The lowest BCUT2D eigenvalue weighted by Crippen LogP contribution is -2.28. The fraction of sp³-hybridized carbons (Fsp3) is 0.765. The van der Waals surface area contributed by atoms with Crippen LogP contribution in [0.3, 0.4) is 0 Å². The molecule has 1 atom stereocenters. The van der Waals surface area contributed by atoms with Crippen LogP contribution in [0.5, 0.6) is 0 Å². The first-order valence-electron chi connectivity index (χ1n) is 8.06. The molecule has 1 saturated heterocycles. The third kappa shape index (κ3) is 3.88. The highest BCUT2D eigenvalue weighted by Crippen LogP contribution is 2.37. The molecule has 1 fully saturated rings. The van der Waals surface area contributed by atoms with E-state index < -0.39 is 0 Å². The van der Waals surface area contributed by atoms with Crippen molar-refractivity contribution < 1.29 is 0 Å². The van der Waals surface area contributed by atoms with E-state index in [-0.39, 0.29) is 0 Å². The van der Waals surface area contributed by atoms with Crippen LogP contribution in [0.2, 0.25) is 5.15 Å². The van der Waals surface area contributed by atoms with E-state index >= 15 is 0 Å². The van der Waals surface area contributed by atoms with Crippen LogP contribution in [0.25, 0.3) is 0 Å². The van der Waals surface area contributed by atoms with Gasteiger partial charge in [0.2, 0.25) is 0 Å². The minimum Gasteiger partial charge on any atom is -0.356 e. The van der Waals surface area contributed by atoms with E-state index in [4.69, 9.17) is 11.6 Å². The minimum atomic E-state index is 0.343. The van der Waals surface area contributed by atoms with Gasteiger partial charge in [-0.3, -0.25) is 0 Å². The Kier molecular flexibility index (Phi) is 5.13. The van der Waals surface area contributed by atoms with Gasteiger partial charge in [-0.25, -0.2) is 9.97 Å². The van der Waals surface area contributed by atoms with E-state index in [0.717, 1.165) is 30.4 Å². The first-order valence-corrected chi connectivity index (χ1v) is 8.44. The lowest BCUT2D eigenvalue weighted by Gasteiger charge is -2.30. The highest BCUT2D eigenvalue weighted by Gasteiger charge is 2.28. The maximum atomic E-state index is 6.31. The van der Waals surface area contributed by atoms with Crippen molar-refractivity contribution in [2.24, 2.45) is 11.3 Å². The van der Waals surface area contributed by atoms with Crippen LogP contribution in [0.4, 0.5) is 5.82 Å². The highest BCUT2D eigenvalue weighted by atomic mass is 35.5. The van der Waals surface area contributed by atoms with Crippen LogP contribution in [0, 0.1) is 11.3 Å². The number of hydrogen-bond acceptors (Lipinski definition) is 3. The van der Waals surface area contributed by atoms with Crippen molar-refractivity contribution in [1.29, 1.82) is 0 Å². The number of hydrogen-bond donors (Lipinski definition) is 0. The van der Waals surface area contributed by atoms with Gasteiger partial charge in [0.1, 0.15) is 17.3 Å². The number of halogens is 1. The third-order valence-corrected chi connectivity index (χ3v) is 4.95. The van der Waals surface area contributed by atoms with Gasteiger partial charge in [-0.2, -0.15) is 0 Å². The number of aromatic nitrogens is 2. The van der Waals surface area contributed by atoms with Gasteiger partial charge in [0.25, 0.3) is 0 Å². The van der Waals surface area contributed by atoms with Crippen LogP contribution in [0.15, 0.2) is 6.33 Å². The fourth-order valence-corrected chi connectivity index (χ4v) is 3.63. The van der Waals surface area contributed by atoms with Crippen LogP contribution in [0.1, 0.15) is 65.4 Å². The Morgan fingerprint density at radius 3 is 2.52 bits per heavy atom. The lowest BCUT2D eigenvalue weighted by molar-refractivity contribution is 0.220. The third-order valence-electron chi connectivity index (χ3n) is 4.64. The standard InChI is InChI=1S/C17H28ClN3/c1-12(2)14-15(18)19-11-20-16(14)21-9-6-7-13(8-10-21)17(3,4)5/h11-13H,6-10H2,1-5H3. The molecule has 118 valence electrons. The van der Waals surface area contributed by atoms with Crippen molar-refractivity contribution in [3.05, 3.63) is 17.0 Å². The fourth-order valence-electron chi connectivity index (χ4n) is 3.29. The molecule has 2 rings (SSSR count). The van der Waals surface area contributed by atoms with Crippen LogP contribution >= 0.6 is 11.6 Å². The summed E-state index contributed by atoms with van der Waals surface area (Å²) in [5.74, 6) is 2.16. The summed E-state index contributed by atoms with van der Waals surface area (Å²) in [5.41, 5.74) is 1.48. The van der Waals surface area contributed by atoms with Crippen molar-refractivity contribution in [2.75, 3.05) is 18.0 Å². The first-order chi connectivity index (χ1) is 9.80. The Labute approximate surface area is 134 Å². The molecule has 3 nitrogen and oxygen atoms in total. The molecule has 1 aromatic rings. The topological polar surface area (TPSA) is 29.0 Å². The maximum Gasteiger partial charge on any atom is 0.138 e. The van der Waals surface area contributed by atoms with Crippen LogP contribution in [-0.2, 0) is 0 Å². The molecule has 0 bridgehead atoms. The van der Waals surface area contributed by atoms with E-state index in [1.807, 2.05) is 0 Å². The molecule has 0 aliphatic carbocycles. The highest BCUT2D eigenvalue weighted by molar-refractivity contribution is 6.30. The molecular weight excluding hydrogens is 282 g/mol. The summed E-state index contributed by atoms with van der Waals surface area (Å²) in [6.45, 7) is 13.5. The average molecular weight is 310 g/mol. The molecule has 1 aliphatic rings. The summed E-state index contributed by atoms with van der Waals surface area (Å²) in [7, 11) is 0. The molecule has 0 spiro atoms. The van der Waals surface area contributed by atoms with Gasteiger partial charge >= 0.3 is 0 Å². The molecule has 1 aliphatic heterocycles. The summed E-state index contributed by atoms with van der Waals surface area (Å²) in [4.78, 5) is 11.1. The summed E-state index contributed by atoms with van der Waals surface area (Å²) in [6, 6.07) is 0. The second-order valence-corrected chi connectivity index (χ2v) is 7.90.